The van der Waals surface area contributed by atoms with Gasteiger partial charge in [-0.1, -0.05) is 30.3 Å². The molecule has 7 nitrogen and oxygen atoms in total. The number of halogens is 1. The Morgan fingerprint density at radius 1 is 1.19 bits per heavy atom. The Morgan fingerprint density at radius 2 is 1.97 bits per heavy atom. The van der Waals surface area contributed by atoms with Crippen molar-refractivity contribution in [1.29, 1.82) is 0 Å². The van der Waals surface area contributed by atoms with Gasteiger partial charge < -0.3 is 20.9 Å². The number of likely N-dealkylation sites (tertiary alicyclic amines) is 1. The molecule has 0 bridgehead atoms. The van der Waals surface area contributed by atoms with Gasteiger partial charge in [0.2, 0.25) is 5.91 Å². The molecular formula is C24H41IN6O. The lowest BCUT2D eigenvalue weighted by Crippen LogP contribution is -2.47. The maximum absolute atomic E-state index is 11.3. The number of rotatable bonds is 8. The van der Waals surface area contributed by atoms with Gasteiger partial charge in [0.05, 0.1) is 0 Å². The van der Waals surface area contributed by atoms with Crippen molar-refractivity contribution in [2.45, 2.75) is 38.6 Å². The average Bonchev–Trinajstić information content (AvgIpc) is 2.77. The molecule has 2 unspecified atom stereocenters. The highest BCUT2D eigenvalue weighted by Gasteiger charge is 2.26. The number of likely N-dealkylation sites (N-methyl/N-ethyl adjacent to an activating group) is 1. The number of carbonyl (C=O) groups is 1. The van der Waals surface area contributed by atoms with E-state index in [0.717, 1.165) is 77.6 Å². The van der Waals surface area contributed by atoms with Crippen LogP contribution in [0.25, 0.3) is 0 Å². The van der Waals surface area contributed by atoms with E-state index in [2.05, 4.69) is 64.3 Å². The van der Waals surface area contributed by atoms with Gasteiger partial charge in [-0.15, -0.1) is 24.0 Å². The third-order valence-electron chi connectivity index (χ3n) is 6.39. The average molecular weight is 557 g/mol. The zero-order valence-corrected chi connectivity index (χ0v) is 22.0. The number of amides is 1. The lowest BCUT2D eigenvalue weighted by Gasteiger charge is -2.40. The summed E-state index contributed by atoms with van der Waals surface area (Å²) in [5.41, 5.74) is 6.83. The minimum absolute atomic E-state index is 0. The van der Waals surface area contributed by atoms with Crippen molar-refractivity contribution < 1.29 is 4.79 Å². The van der Waals surface area contributed by atoms with Crippen LogP contribution < -0.4 is 11.1 Å². The lowest BCUT2D eigenvalue weighted by molar-refractivity contribution is -0.119. The van der Waals surface area contributed by atoms with Gasteiger partial charge in [0.25, 0.3) is 0 Å². The maximum Gasteiger partial charge on any atom is 0.217 e. The van der Waals surface area contributed by atoms with Gasteiger partial charge >= 0.3 is 0 Å². The molecule has 2 heterocycles. The molecule has 1 amide bonds. The third-order valence-corrected chi connectivity index (χ3v) is 6.39. The number of carbonyl (C=O) groups excluding carboxylic acids is 1. The fourth-order valence-electron chi connectivity index (χ4n) is 4.81. The first-order valence-corrected chi connectivity index (χ1v) is 11.9. The first-order chi connectivity index (χ1) is 15.1. The molecule has 0 radical (unpaired) electrons. The standard InChI is InChI=1S/C24H40N6O.HI/c1-3-26-24(30-13-7-9-20(18-30)17-23(25)31)27-12-8-14-29-16-15-28(2)19-22(29)21-10-5-4-6-11-21;/h4-6,10-11,20,22H,3,7-9,12-19H2,1-2H3,(H2,25,31)(H,26,27);1H. The van der Waals surface area contributed by atoms with Gasteiger partial charge in [0, 0.05) is 64.8 Å². The summed E-state index contributed by atoms with van der Waals surface area (Å²) < 4.78 is 0. The second-order valence-corrected chi connectivity index (χ2v) is 8.94. The molecule has 0 spiro atoms. The molecule has 0 aromatic heterocycles. The predicted octanol–water partition coefficient (Wildman–Crippen LogP) is 2.54. The van der Waals surface area contributed by atoms with Crippen LogP contribution in [-0.4, -0.2) is 86.0 Å². The van der Waals surface area contributed by atoms with Gasteiger partial charge in [-0.05, 0) is 44.7 Å². The number of piperidine rings is 1. The normalized spacial score (nSPS) is 22.9. The summed E-state index contributed by atoms with van der Waals surface area (Å²) in [7, 11) is 2.21. The van der Waals surface area contributed by atoms with E-state index in [-0.39, 0.29) is 29.9 Å². The molecule has 2 fully saturated rings. The minimum Gasteiger partial charge on any atom is -0.370 e. The number of aliphatic imine (C=N–C) groups is 1. The van der Waals surface area contributed by atoms with Gasteiger partial charge in [0.1, 0.15) is 0 Å². The zero-order valence-electron chi connectivity index (χ0n) is 19.7. The summed E-state index contributed by atoms with van der Waals surface area (Å²) in [5.74, 6) is 1.12. The monoisotopic (exact) mass is 556 g/mol. The van der Waals surface area contributed by atoms with Crippen molar-refractivity contribution >= 4 is 35.8 Å². The quantitative estimate of drug-likeness (QED) is 0.223. The molecule has 180 valence electrons. The van der Waals surface area contributed by atoms with E-state index in [4.69, 9.17) is 10.7 Å². The summed E-state index contributed by atoms with van der Waals surface area (Å²) in [6, 6.07) is 11.3. The number of hydrogen-bond donors (Lipinski definition) is 2. The van der Waals surface area contributed by atoms with Crippen molar-refractivity contribution in [3.63, 3.8) is 0 Å². The Bertz CT molecular complexity index is 716. The van der Waals surface area contributed by atoms with Crippen molar-refractivity contribution in [1.82, 2.24) is 20.0 Å². The summed E-state index contributed by atoms with van der Waals surface area (Å²) >= 11 is 0. The fourth-order valence-corrected chi connectivity index (χ4v) is 4.81. The van der Waals surface area contributed by atoms with E-state index in [1.807, 2.05) is 0 Å². The molecule has 32 heavy (non-hydrogen) atoms. The first kappa shape index (κ1) is 26.9. The van der Waals surface area contributed by atoms with Gasteiger partial charge in [-0.3, -0.25) is 14.7 Å². The molecule has 3 rings (SSSR count). The lowest BCUT2D eigenvalue weighted by atomic mass is 9.95. The van der Waals surface area contributed by atoms with Crippen LogP contribution in [0.15, 0.2) is 35.3 Å². The summed E-state index contributed by atoms with van der Waals surface area (Å²) in [6.45, 7) is 9.97. The Hall–Kier alpha value is -1.39. The molecule has 2 aliphatic heterocycles. The topological polar surface area (TPSA) is 77.2 Å². The van der Waals surface area contributed by atoms with Crippen molar-refractivity contribution in [3.05, 3.63) is 35.9 Å². The molecule has 1 aromatic rings. The molecule has 1 aromatic carbocycles. The second-order valence-electron chi connectivity index (χ2n) is 8.94. The zero-order chi connectivity index (χ0) is 22.1. The first-order valence-electron chi connectivity index (χ1n) is 11.9. The van der Waals surface area contributed by atoms with E-state index in [1.165, 1.54) is 5.56 Å². The highest BCUT2D eigenvalue weighted by Crippen LogP contribution is 2.25. The Labute approximate surface area is 210 Å². The van der Waals surface area contributed by atoms with Gasteiger partial charge in [-0.2, -0.15) is 0 Å². The number of hydrogen-bond acceptors (Lipinski definition) is 4. The van der Waals surface area contributed by atoms with Crippen LogP contribution in [0, 0.1) is 5.92 Å². The SMILES string of the molecule is CCNC(=NCCCN1CCN(C)CC1c1ccccc1)N1CCCC(CC(N)=O)C1.I. The second kappa shape index (κ2) is 14.0. The van der Waals surface area contributed by atoms with E-state index in [0.29, 0.717) is 18.4 Å². The highest BCUT2D eigenvalue weighted by atomic mass is 127. The van der Waals surface area contributed by atoms with Crippen LogP contribution in [0.2, 0.25) is 0 Å². The van der Waals surface area contributed by atoms with Crippen LogP contribution in [-0.2, 0) is 4.79 Å². The summed E-state index contributed by atoms with van der Waals surface area (Å²) in [5, 5.41) is 3.44. The molecule has 0 saturated carbocycles. The van der Waals surface area contributed by atoms with E-state index < -0.39 is 0 Å². The summed E-state index contributed by atoms with van der Waals surface area (Å²) in [4.78, 5) is 23.6. The highest BCUT2D eigenvalue weighted by molar-refractivity contribution is 14.0. The van der Waals surface area contributed by atoms with E-state index >= 15 is 0 Å². The Kier molecular flexibility index (Phi) is 11.7. The van der Waals surface area contributed by atoms with Crippen molar-refractivity contribution in [2.75, 3.05) is 59.4 Å². The number of benzene rings is 1. The molecule has 2 atom stereocenters. The van der Waals surface area contributed by atoms with Crippen molar-refractivity contribution in [2.24, 2.45) is 16.6 Å². The Balaban J connectivity index is 0.00000363. The van der Waals surface area contributed by atoms with Crippen LogP contribution in [0.3, 0.4) is 0 Å². The largest absolute Gasteiger partial charge is 0.370 e. The van der Waals surface area contributed by atoms with Gasteiger partial charge in [-0.25, -0.2) is 0 Å². The molecule has 8 heteroatoms. The van der Waals surface area contributed by atoms with E-state index in [9.17, 15) is 4.79 Å². The molecule has 3 N–H and O–H groups in total. The number of guanidine groups is 1. The van der Waals surface area contributed by atoms with Crippen LogP contribution in [0.5, 0.6) is 0 Å². The molecule has 2 saturated heterocycles. The Morgan fingerprint density at radius 3 is 2.69 bits per heavy atom. The molecule has 2 aliphatic rings. The van der Waals surface area contributed by atoms with Crippen LogP contribution in [0.4, 0.5) is 0 Å². The number of nitrogens with zero attached hydrogens (tertiary/aromatic N) is 4. The maximum atomic E-state index is 11.3. The van der Waals surface area contributed by atoms with Crippen LogP contribution >= 0.6 is 24.0 Å². The minimum atomic E-state index is -0.200. The fraction of sp³-hybridized carbons (Fsp3) is 0.667. The van der Waals surface area contributed by atoms with Crippen molar-refractivity contribution in [3.8, 4) is 0 Å². The number of nitrogens with one attached hydrogen (secondary N) is 1. The summed E-state index contributed by atoms with van der Waals surface area (Å²) in [6.07, 6.45) is 3.67. The number of primary amides is 1. The third kappa shape index (κ3) is 8.19. The number of nitrogens with two attached hydrogens (primary N) is 1. The molecular weight excluding hydrogens is 515 g/mol. The van der Waals surface area contributed by atoms with Crippen LogP contribution in [0.1, 0.15) is 44.2 Å². The molecule has 0 aliphatic carbocycles. The smallest absolute Gasteiger partial charge is 0.217 e. The predicted molar refractivity (Wildman–Crippen MR) is 142 cm³/mol. The number of piperazine rings is 1. The van der Waals surface area contributed by atoms with E-state index in [1.54, 1.807) is 0 Å². The van der Waals surface area contributed by atoms with Gasteiger partial charge in [0.15, 0.2) is 5.96 Å².